The Kier molecular flexibility index (Phi) is 7.20. The summed E-state index contributed by atoms with van der Waals surface area (Å²) in [5.74, 6) is -2.03. The second kappa shape index (κ2) is 9.14. The van der Waals surface area contributed by atoms with Crippen LogP contribution in [0.25, 0.3) is 0 Å². The van der Waals surface area contributed by atoms with Gasteiger partial charge in [-0.3, -0.25) is 8.98 Å². The number of ether oxygens (including phenoxy) is 2. The van der Waals surface area contributed by atoms with Crippen LogP contribution in [-0.4, -0.2) is 50.7 Å². The van der Waals surface area contributed by atoms with Gasteiger partial charge in [-0.05, 0) is 45.4 Å². The number of esters is 2. The molecule has 0 amide bonds. The molecule has 0 spiro atoms. The lowest BCUT2D eigenvalue weighted by Gasteiger charge is -2.68. The lowest BCUT2D eigenvalue weighted by molar-refractivity contribution is -0.231. The van der Waals surface area contributed by atoms with Gasteiger partial charge in [-0.25, -0.2) is 9.59 Å². The van der Waals surface area contributed by atoms with Crippen molar-refractivity contribution in [3.05, 3.63) is 23.3 Å². The van der Waals surface area contributed by atoms with Crippen LogP contribution in [-0.2, 0) is 38.2 Å². The van der Waals surface area contributed by atoms with Crippen LogP contribution < -0.4 is 0 Å². The molecule has 4 aliphatic rings. The Bertz CT molecular complexity index is 1080. The first-order chi connectivity index (χ1) is 16.0. The van der Waals surface area contributed by atoms with Crippen molar-refractivity contribution >= 4 is 27.8 Å². The smallest absolute Gasteiger partial charge is 0.333 e. The number of ketones is 1. The molecule has 0 unspecified atom stereocenters. The SMILES string of the molecule is C/C=C(/C)C(=O)O[C@@H]1[C@@H](OC(=O)/C(C)=C\C)C(C)(C)[C@H]2[C@@H]3[C@H](C)CC(=O)[C@H]2[C@]3(C)[C@@H]1OS(C)(=O)=O. The van der Waals surface area contributed by atoms with Crippen molar-refractivity contribution in [1.29, 1.82) is 0 Å². The third-order valence-electron chi connectivity index (χ3n) is 8.69. The lowest BCUT2D eigenvalue weighted by atomic mass is 9.35. The van der Waals surface area contributed by atoms with Crippen LogP contribution in [0.5, 0.6) is 0 Å². The van der Waals surface area contributed by atoms with Crippen molar-refractivity contribution < 1.29 is 36.5 Å². The quantitative estimate of drug-likeness (QED) is 0.303. The minimum absolute atomic E-state index is 0.0345. The van der Waals surface area contributed by atoms with Gasteiger partial charge in [-0.15, -0.1) is 0 Å². The summed E-state index contributed by atoms with van der Waals surface area (Å²) in [4.78, 5) is 39.3. The Hall–Kier alpha value is -2.00. The number of allylic oxidation sites excluding steroid dienone is 2. The number of carbonyl (C=O) groups is 3. The summed E-state index contributed by atoms with van der Waals surface area (Å²) in [7, 11) is -4.03. The summed E-state index contributed by atoms with van der Waals surface area (Å²) in [6.45, 7) is 14.2. The summed E-state index contributed by atoms with van der Waals surface area (Å²) in [5, 5.41) is 0. The molecule has 0 saturated heterocycles. The van der Waals surface area contributed by atoms with E-state index in [9.17, 15) is 22.8 Å². The molecule has 0 aliphatic heterocycles. The average Bonchev–Trinajstić information content (AvgIpc) is 2.83. The van der Waals surface area contributed by atoms with E-state index in [2.05, 4.69) is 0 Å². The summed E-state index contributed by atoms with van der Waals surface area (Å²) in [6.07, 6.45) is 1.05. The molecule has 0 aromatic rings. The highest BCUT2D eigenvalue weighted by Gasteiger charge is 2.78. The van der Waals surface area contributed by atoms with E-state index in [1.807, 2.05) is 27.7 Å². The molecule has 4 bridgehead atoms. The van der Waals surface area contributed by atoms with E-state index in [4.69, 9.17) is 13.7 Å². The Morgan fingerprint density at radius 2 is 1.46 bits per heavy atom. The van der Waals surface area contributed by atoms with E-state index in [1.54, 1.807) is 39.8 Å². The maximum absolute atomic E-state index is 13.3. The van der Waals surface area contributed by atoms with Gasteiger partial charge in [0, 0.05) is 34.3 Å². The Morgan fingerprint density at radius 3 is 1.91 bits per heavy atom. The second-order valence-corrected chi connectivity index (χ2v) is 12.8. The molecule has 8 nitrogen and oxygen atoms in total. The fourth-order valence-corrected chi connectivity index (χ4v) is 7.58. The Labute approximate surface area is 208 Å². The molecule has 0 aromatic carbocycles. The molecule has 4 aliphatic carbocycles. The van der Waals surface area contributed by atoms with Crippen molar-refractivity contribution in [2.45, 2.75) is 80.1 Å². The number of hydrogen-bond donors (Lipinski definition) is 0. The Balaban J connectivity index is 2.26. The largest absolute Gasteiger partial charge is 0.454 e. The predicted molar refractivity (Wildman–Crippen MR) is 129 cm³/mol. The molecule has 4 fully saturated rings. The van der Waals surface area contributed by atoms with Crippen LogP contribution in [0.15, 0.2) is 23.3 Å². The number of Topliss-reactive ketones (excluding diaryl/α,β-unsaturated/α-hetero) is 1. The van der Waals surface area contributed by atoms with Gasteiger partial charge in [0.1, 0.15) is 18.0 Å². The molecule has 0 radical (unpaired) electrons. The third kappa shape index (κ3) is 4.39. The van der Waals surface area contributed by atoms with Crippen molar-refractivity contribution in [2.24, 2.45) is 34.5 Å². The van der Waals surface area contributed by atoms with Gasteiger partial charge < -0.3 is 9.47 Å². The van der Waals surface area contributed by atoms with Crippen LogP contribution in [0.1, 0.15) is 61.8 Å². The van der Waals surface area contributed by atoms with Gasteiger partial charge in [0.2, 0.25) is 0 Å². The second-order valence-electron chi connectivity index (χ2n) is 11.2. The first-order valence-electron chi connectivity index (χ1n) is 12.1. The molecule has 4 rings (SSSR count). The van der Waals surface area contributed by atoms with E-state index in [0.29, 0.717) is 17.6 Å². The topological polar surface area (TPSA) is 113 Å². The molecule has 0 aromatic heterocycles. The van der Waals surface area contributed by atoms with Crippen molar-refractivity contribution in [1.82, 2.24) is 0 Å². The average molecular weight is 511 g/mol. The molecule has 8 atom stereocenters. The predicted octanol–water partition coefficient (Wildman–Crippen LogP) is 3.60. The molecule has 0 N–H and O–H groups in total. The highest BCUT2D eigenvalue weighted by molar-refractivity contribution is 7.86. The highest BCUT2D eigenvalue weighted by atomic mass is 32.2. The number of hydrogen-bond acceptors (Lipinski definition) is 8. The van der Waals surface area contributed by atoms with Crippen LogP contribution in [0, 0.1) is 34.5 Å². The van der Waals surface area contributed by atoms with Gasteiger partial charge in [-0.1, -0.05) is 39.8 Å². The van der Waals surface area contributed by atoms with E-state index in [0.717, 1.165) is 6.26 Å². The van der Waals surface area contributed by atoms with Gasteiger partial charge in [0.05, 0.1) is 6.26 Å². The first-order valence-corrected chi connectivity index (χ1v) is 13.9. The van der Waals surface area contributed by atoms with Crippen molar-refractivity contribution in [3.8, 4) is 0 Å². The zero-order valence-corrected chi connectivity index (χ0v) is 22.9. The Morgan fingerprint density at radius 1 is 0.943 bits per heavy atom. The van der Waals surface area contributed by atoms with Gasteiger partial charge in [0.15, 0.2) is 6.10 Å². The van der Waals surface area contributed by atoms with Gasteiger partial charge in [0.25, 0.3) is 10.1 Å². The van der Waals surface area contributed by atoms with Gasteiger partial charge >= 0.3 is 11.9 Å². The molecular formula is C26H38O8S. The lowest BCUT2D eigenvalue weighted by Crippen LogP contribution is -2.71. The van der Waals surface area contributed by atoms with Crippen LogP contribution in [0.2, 0.25) is 0 Å². The zero-order valence-electron chi connectivity index (χ0n) is 22.1. The molecule has 0 heterocycles. The van der Waals surface area contributed by atoms with Crippen molar-refractivity contribution in [2.75, 3.05) is 6.26 Å². The maximum atomic E-state index is 13.3. The van der Waals surface area contributed by atoms with E-state index in [-0.39, 0.29) is 23.5 Å². The molecular weight excluding hydrogens is 472 g/mol. The normalized spacial score (nSPS) is 38.8. The van der Waals surface area contributed by atoms with Crippen LogP contribution >= 0.6 is 0 Å². The van der Waals surface area contributed by atoms with Crippen LogP contribution in [0.4, 0.5) is 0 Å². The standard InChI is InChI=1S/C26H38O8S/c1-10-13(3)23(28)32-20-21(33-24(29)14(4)11-2)25(6,7)19-17-15(5)12-16(27)18(19)26(17,8)22(20)34-35(9,30)31/h10-11,15,17-22H,12H2,1-9H3/b13-10-,14-11-/t15-,17+,18-,19+,20-,21-,22-,26-/m1/s1. The highest BCUT2D eigenvalue weighted by Crippen LogP contribution is 2.73. The fraction of sp³-hybridized carbons (Fsp3) is 0.731. The van der Waals surface area contributed by atoms with Crippen molar-refractivity contribution in [3.63, 3.8) is 0 Å². The first kappa shape index (κ1) is 27.6. The van der Waals surface area contributed by atoms with E-state index >= 15 is 0 Å². The summed E-state index contributed by atoms with van der Waals surface area (Å²) >= 11 is 0. The van der Waals surface area contributed by atoms with Gasteiger partial charge in [-0.2, -0.15) is 8.42 Å². The number of carbonyl (C=O) groups excluding carboxylic acids is 3. The zero-order chi connectivity index (χ0) is 26.7. The summed E-state index contributed by atoms with van der Waals surface area (Å²) < 4.78 is 42.6. The summed E-state index contributed by atoms with van der Waals surface area (Å²) in [5.41, 5.74) is -1.04. The monoisotopic (exact) mass is 510 g/mol. The summed E-state index contributed by atoms with van der Waals surface area (Å²) in [6, 6.07) is 0. The van der Waals surface area contributed by atoms with E-state index < -0.39 is 57.1 Å². The van der Waals surface area contributed by atoms with Crippen LogP contribution in [0.3, 0.4) is 0 Å². The third-order valence-corrected chi connectivity index (χ3v) is 9.24. The fourth-order valence-electron chi connectivity index (χ4n) is 6.89. The van der Waals surface area contributed by atoms with E-state index in [1.165, 1.54) is 0 Å². The molecule has 35 heavy (non-hydrogen) atoms. The molecule has 9 heteroatoms. The molecule has 4 saturated carbocycles. The molecule has 196 valence electrons. The minimum atomic E-state index is -4.03. The number of rotatable bonds is 6. The number of fused-ring (bicyclic) bond motifs is 3. The minimum Gasteiger partial charge on any atom is -0.454 e. The maximum Gasteiger partial charge on any atom is 0.333 e.